The van der Waals surface area contributed by atoms with Crippen LogP contribution in [0.1, 0.15) is 83.5 Å². The Morgan fingerprint density at radius 2 is 1.47 bits per heavy atom. The van der Waals surface area contributed by atoms with Crippen molar-refractivity contribution in [2.45, 2.75) is 58.4 Å². The van der Waals surface area contributed by atoms with Gasteiger partial charge in [0.2, 0.25) is 5.91 Å². The van der Waals surface area contributed by atoms with Crippen LogP contribution >= 0.6 is 0 Å². The van der Waals surface area contributed by atoms with Gasteiger partial charge >= 0.3 is 5.97 Å². The molecule has 1 heterocycles. The Balaban J connectivity index is 1.40. The Kier molecular flexibility index (Phi) is 9.27. The van der Waals surface area contributed by atoms with Gasteiger partial charge in [0.05, 0.1) is 23.8 Å². The smallest absolute Gasteiger partial charge is 0.305 e. The minimum atomic E-state index is -1.03. The van der Waals surface area contributed by atoms with E-state index >= 15 is 0 Å². The molecular formula is C36H42N4O5. The quantitative estimate of drug-likeness (QED) is 0.292. The highest BCUT2D eigenvalue weighted by Gasteiger charge is 2.35. The number of aryl methyl sites for hydroxylation is 1. The number of rotatable bonds is 9. The molecule has 3 amide bonds. The third kappa shape index (κ3) is 7.90. The Hall–Kier alpha value is -4.66. The summed E-state index contributed by atoms with van der Waals surface area (Å²) in [4.78, 5) is 55.3. The molecule has 2 aliphatic rings. The zero-order valence-corrected chi connectivity index (χ0v) is 26.4. The van der Waals surface area contributed by atoms with Crippen molar-refractivity contribution in [2.24, 2.45) is 5.92 Å². The van der Waals surface area contributed by atoms with Crippen molar-refractivity contribution >= 4 is 35.1 Å². The highest BCUT2D eigenvalue weighted by atomic mass is 16.4. The number of nitrogens with one attached hydrogen (secondary N) is 2. The van der Waals surface area contributed by atoms with Crippen molar-refractivity contribution in [2.75, 3.05) is 36.4 Å². The summed E-state index contributed by atoms with van der Waals surface area (Å²) in [6.45, 7) is 10.7. The van der Waals surface area contributed by atoms with Gasteiger partial charge in [-0.25, -0.2) is 0 Å². The van der Waals surface area contributed by atoms with Crippen molar-refractivity contribution in [3.8, 4) is 0 Å². The van der Waals surface area contributed by atoms with Crippen molar-refractivity contribution in [1.29, 1.82) is 0 Å². The van der Waals surface area contributed by atoms with Crippen LogP contribution in [0.3, 0.4) is 0 Å². The number of amides is 3. The van der Waals surface area contributed by atoms with Gasteiger partial charge in [-0.15, -0.1) is 0 Å². The molecule has 3 N–H and O–H groups in total. The number of piperazine rings is 1. The van der Waals surface area contributed by atoms with Gasteiger partial charge in [-0.05, 0) is 66.6 Å². The maximum atomic E-state index is 13.5. The van der Waals surface area contributed by atoms with E-state index < -0.39 is 17.9 Å². The molecule has 236 valence electrons. The summed E-state index contributed by atoms with van der Waals surface area (Å²) < 4.78 is 0. The molecule has 1 saturated carbocycles. The SMILES string of the molecule is Cc1ccc(C(CC(=O)O)NC(=O)c2ccc(N3CCN(C(=O)C4CC4)CC3)c(NC(=O)c3ccc(C(C)(C)C)cc3)c2)cc1. The van der Waals surface area contributed by atoms with Crippen LogP contribution in [-0.4, -0.2) is 59.9 Å². The Morgan fingerprint density at radius 3 is 2.04 bits per heavy atom. The van der Waals surface area contributed by atoms with Gasteiger partial charge in [0, 0.05) is 43.2 Å². The van der Waals surface area contributed by atoms with Crippen LogP contribution < -0.4 is 15.5 Å². The minimum Gasteiger partial charge on any atom is -0.481 e. The molecule has 1 unspecified atom stereocenters. The Bertz CT molecular complexity index is 1560. The predicted molar refractivity (Wildman–Crippen MR) is 175 cm³/mol. The second kappa shape index (κ2) is 13.1. The van der Waals surface area contributed by atoms with E-state index in [1.807, 2.05) is 54.3 Å². The zero-order valence-electron chi connectivity index (χ0n) is 26.4. The monoisotopic (exact) mass is 610 g/mol. The number of hydrogen-bond donors (Lipinski definition) is 3. The van der Waals surface area contributed by atoms with Crippen LogP contribution in [0.4, 0.5) is 11.4 Å². The molecule has 0 bridgehead atoms. The molecule has 3 aromatic rings. The van der Waals surface area contributed by atoms with E-state index in [0.29, 0.717) is 48.6 Å². The summed E-state index contributed by atoms with van der Waals surface area (Å²) in [5.74, 6) is -1.39. The zero-order chi connectivity index (χ0) is 32.3. The van der Waals surface area contributed by atoms with Crippen molar-refractivity contribution < 1.29 is 24.3 Å². The van der Waals surface area contributed by atoms with Crippen molar-refractivity contribution in [3.63, 3.8) is 0 Å². The van der Waals surface area contributed by atoms with Gasteiger partial charge in [0.15, 0.2) is 0 Å². The number of carbonyl (C=O) groups is 4. The molecule has 0 aromatic heterocycles. The maximum absolute atomic E-state index is 13.5. The first-order valence-corrected chi connectivity index (χ1v) is 15.6. The molecule has 1 atom stereocenters. The minimum absolute atomic E-state index is 0.0516. The van der Waals surface area contributed by atoms with Gasteiger partial charge in [-0.1, -0.05) is 62.7 Å². The predicted octanol–water partition coefficient (Wildman–Crippen LogP) is 5.55. The molecule has 1 aliphatic carbocycles. The van der Waals surface area contributed by atoms with Crippen LogP contribution in [-0.2, 0) is 15.0 Å². The van der Waals surface area contributed by atoms with Gasteiger partial charge in [0.1, 0.15) is 0 Å². The highest BCUT2D eigenvalue weighted by molar-refractivity contribution is 6.07. The number of carboxylic acid groups (broad SMARTS) is 1. The van der Waals surface area contributed by atoms with Gasteiger partial charge in [-0.3, -0.25) is 19.2 Å². The summed E-state index contributed by atoms with van der Waals surface area (Å²) in [7, 11) is 0. The summed E-state index contributed by atoms with van der Waals surface area (Å²) in [5, 5.41) is 15.4. The largest absolute Gasteiger partial charge is 0.481 e. The Labute approximate surface area is 264 Å². The first kappa shape index (κ1) is 31.8. The van der Waals surface area contributed by atoms with E-state index in [1.165, 1.54) is 0 Å². The molecule has 1 aliphatic heterocycles. The van der Waals surface area contributed by atoms with Crippen molar-refractivity contribution in [3.05, 3.63) is 94.5 Å². The van der Waals surface area contributed by atoms with Gasteiger partial charge in [0.25, 0.3) is 11.8 Å². The van der Waals surface area contributed by atoms with Crippen molar-refractivity contribution in [1.82, 2.24) is 10.2 Å². The number of nitrogens with zero attached hydrogens (tertiary/aromatic N) is 2. The molecule has 2 fully saturated rings. The molecule has 5 rings (SSSR count). The van der Waals surface area contributed by atoms with Gasteiger partial charge in [-0.2, -0.15) is 0 Å². The summed E-state index contributed by atoms with van der Waals surface area (Å²) in [5.41, 5.74) is 4.79. The lowest BCUT2D eigenvalue weighted by Gasteiger charge is -2.37. The maximum Gasteiger partial charge on any atom is 0.305 e. The van der Waals surface area contributed by atoms with E-state index in [-0.39, 0.29) is 29.6 Å². The molecular weight excluding hydrogens is 568 g/mol. The van der Waals surface area contributed by atoms with E-state index in [1.54, 1.807) is 24.3 Å². The second-order valence-electron chi connectivity index (χ2n) is 13.1. The number of anilines is 2. The van der Waals surface area contributed by atoms with Crippen LogP contribution in [0.25, 0.3) is 0 Å². The van der Waals surface area contributed by atoms with E-state index in [4.69, 9.17) is 0 Å². The first-order chi connectivity index (χ1) is 21.4. The number of hydrogen-bond acceptors (Lipinski definition) is 5. The van der Waals surface area contributed by atoms with Crippen LogP contribution in [0, 0.1) is 12.8 Å². The average molecular weight is 611 g/mol. The molecule has 9 heteroatoms. The fraction of sp³-hybridized carbons (Fsp3) is 0.389. The first-order valence-electron chi connectivity index (χ1n) is 15.6. The van der Waals surface area contributed by atoms with E-state index in [0.717, 1.165) is 29.7 Å². The summed E-state index contributed by atoms with van der Waals surface area (Å²) in [6, 6.07) is 19.3. The number of carbonyl (C=O) groups excluding carboxylic acids is 3. The fourth-order valence-corrected chi connectivity index (χ4v) is 5.59. The van der Waals surface area contributed by atoms with Crippen LogP contribution in [0.5, 0.6) is 0 Å². The highest BCUT2D eigenvalue weighted by Crippen LogP contribution is 2.33. The van der Waals surface area contributed by atoms with Crippen LogP contribution in [0.15, 0.2) is 66.7 Å². The lowest BCUT2D eigenvalue weighted by molar-refractivity contribution is -0.137. The molecule has 0 radical (unpaired) electrons. The molecule has 1 saturated heterocycles. The molecule has 0 spiro atoms. The van der Waals surface area contributed by atoms with Gasteiger partial charge < -0.3 is 25.5 Å². The third-order valence-corrected chi connectivity index (χ3v) is 8.54. The fourth-order valence-electron chi connectivity index (χ4n) is 5.59. The molecule has 45 heavy (non-hydrogen) atoms. The number of benzene rings is 3. The number of aliphatic carboxylic acids is 1. The Morgan fingerprint density at radius 1 is 0.844 bits per heavy atom. The number of carboxylic acids is 1. The van der Waals surface area contributed by atoms with Crippen LogP contribution in [0.2, 0.25) is 0 Å². The van der Waals surface area contributed by atoms with E-state index in [2.05, 4.69) is 36.3 Å². The molecule has 3 aromatic carbocycles. The lowest BCUT2D eigenvalue weighted by atomic mass is 9.86. The standard InChI is InChI=1S/C36H42N4O5/c1-23-5-7-24(8-6-23)29(22-32(41)42)37-34(44)27-13-16-31(39-17-19-40(20-18-39)35(45)26-9-10-26)30(21-27)38-33(43)25-11-14-28(15-12-25)36(2,3)4/h5-8,11-16,21,26,29H,9-10,17-20,22H2,1-4H3,(H,37,44)(H,38,43)(H,41,42). The van der Waals surface area contributed by atoms with E-state index in [9.17, 15) is 24.3 Å². The summed E-state index contributed by atoms with van der Waals surface area (Å²) in [6.07, 6.45) is 1.66. The lowest BCUT2D eigenvalue weighted by Crippen LogP contribution is -2.49. The second-order valence-corrected chi connectivity index (χ2v) is 13.1. The average Bonchev–Trinajstić information content (AvgIpc) is 3.86. The normalized spacial score (nSPS) is 15.7. The topological polar surface area (TPSA) is 119 Å². The molecule has 9 nitrogen and oxygen atoms in total. The third-order valence-electron chi connectivity index (χ3n) is 8.54. The summed E-state index contributed by atoms with van der Waals surface area (Å²) >= 11 is 0.